The second-order valence-electron chi connectivity index (χ2n) is 7.22. The molecule has 3 rings (SSSR count). The van der Waals surface area contributed by atoms with Crippen LogP contribution in [0.3, 0.4) is 0 Å². The van der Waals surface area contributed by atoms with Crippen molar-refractivity contribution in [3.8, 4) is 11.3 Å². The third-order valence-electron chi connectivity index (χ3n) is 4.93. The normalized spacial score (nSPS) is 18.4. The van der Waals surface area contributed by atoms with Gasteiger partial charge in [0, 0.05) is 18.2 Å². The van der Waals surface area contributed by atoms with Gasteiger partial charge in [-0.25, -0.2) is 0 Å². The lowest BCUT2D eigenvalue weighted by molar-refractivity contribution is -0.137. The van der Waals surface area contributed by atoms with Gasteiger partial charge < -0.3 is 21.7 Å². The molecule has 1 aromatic carbocycles. The maximum absolute atomic E-state index is 13.7. The average Bonchev–Trinajstić information content (AvgIpc) is 2.62. The molecule has 0 spiro atoms. The van der Waals surface area contributed by atoms with E-state index < -0.39 is 40.7 Å². The highest BCUT2D eigenvalue weighted by Gasteiger charge is 2.37. The maximum Gasteiger partial charge on any atom is 0.420 e. The Labute approximate surface area is 168 Å². The summed E-state index contributed by atoms with van der Waals surface area (Å²) in [6.07, 6.45) is -8.02. The first-order valence-corrected chi connectivity index (χ1v) is 9.03. The molecule has 0 bridgehead atoms. The van der Waals surface area contributed by atoms with Crippen LogP contribution in [0, 0.1) is 0 Å². The fourth-order valence-corrected chi connectivity index (χ4v) is 3.43. The molecule has 12 heteroatoms. The summed E-state index contributed by atoms with van der Waals surface area (Å²) >= 11 is 0. The van der Waals surface area contributed by atoms with Crippen molar-refractivity contribution in [2.75, 3.05) is 36.9 Å². The van der Waals surface area contributed by atoms with Gasteiger partial charge in [0.2, 0.25) is 0 Å². The predicted octanol–water partition coefficient (Wildman–Crippen LogP) is 3.85. The number of halogens is 6. The Balaban J connectivity index is 2.01. The molecule has 1 saturated heterocycles. The number of nitrogens with two attached hydrogens (primary N) is 2. The Hall–Kier alpha value is -2.76. The molecule has 1 atom stereocenters. The maximum atomic E-state index is 13.7. The molecule has 1 aliphatic rings. The third-order valence-corrected chi connectivity index (χ3v) is 4.93. The number of hydrogen-bond acceptors (Lipinski definition) is 6. The highest BCUT2D eigenvalue weighted by atomic mass is 19.4. The zero-order chi connectivity index (χ0) is 22.3. The van der Waals surface area contributed by atoms with Crippen LogP contribution >= 0.6 is 0 Å². The Bertz CT molecular complexity index is 927. The molecule has 1 aliphatic heterocycles. The average molecular weight is 434 g/mol. The number of hydrogen-bond donors (Lipinski definition) is 3. The van der Waals surface area contributed by atoms with Crippen LogP contribution in [-0.2, 0) is 12.4 Å². The molecule has 0 radical (unpaired) electrons. The first kappa shape index (κ1) is 21.9. The van der Waals surface area contributed by atoms with Crippen molar-refractivity contribution in [1.29, 1.82) is 0 Å². The summed E-state index contributed by atoms with van der Waals surface area (Å²) in [6.45, 7) is 1.40. The molecule has 0 unspecified atom stereocenters. The van der Waals surface area contributed by atoms with E-state index in [0.29, 0.717) is 25.1 Å². The zero-order valence-corrected chi connectivity index (χ0v) is 15.9. The minimum atomic E-state index is -4.76. The standard InChI is InChI=1S/C18H20F6N6/c1-30-6-2-3-9(8-30)27-16-12(18(22,23)24)7-13(28-29-16)10-4-5-11(17(19,20)21)15(26)14(10)25/h4-5,7,9H,2-3,6,8,25-26H2,1H3,(H,27,29)/t9-/m0/s1. The van der Waals surface area contributed by atoms with E-state index in [1.807, 2.05) is 11.9 Å². The molecular formula is C18H20F6N6. The van der Waals surface area contributed by atoms with Gasteiger partial charge in [0.25, 0.3) is 0 Å². The van der Waals surface area contributed by atoms with Gasteiger partial charge in [0.05, 0.1) is 22.6 Å². The fraction of sp³-hybridized carbons (Fsp3) is 0.444. The van der Waals surface area contributed by atoms with E-state index in [2.05, 4.69) is 15.5 Å². The van der Waals surface area contributed by atoms with Crippen molar-refractivity contribution in [3.05, 3.63) is 29.3 Å². The minimum absolute atomic E-state index is 0.164. The van der Waals surface area contributed by atoms with Gasteiger partial charge in [-0.2, -0.15) is 26.3 Å². The minimum Gasteiger partial charge on any atom is -0.397 e. The number of nitrogens with one attached hydrogen (secondary N) is 1. The van der Waals surface area contributed by atoms with Crippen molar-refractivity contribution < 1.29 is 26.3 Å². The summed E-state index contributed by atoms with van der Waals surface area (Å²) in [5.41, 5.74) is 7.11. The summed E-state index contributed by atoms with van der Waals surface area (Å²) < 4.78 is 79.8. The third kappa shape index (κ3) is 4.53. The number of alkyl halides is 6. The molecule has 2 aromatic rings. The molecule has 164 valence electrons. The summed E-state index contributed by atoms with van der Waals surface area (Å²) in [5, 5.41) is 10.2. The number of benzene rings is 1. The lowest BCUT2D eigenvalue weighted by Gasteiger charge is -2.31. The first-order valence-electron chi connectivity index (χ1n) is 9.03. The quantitative estimate of drug-likeness (QED) is 0.502. The Kier molecular flexibility index (Phi) is 5.72. The fourth-order valence-electron chi connectivity index (χ4n) is 3.43. The van der Waals surface area contributed by atoms with Gasteiger partial charge in [-0.15, -0.1) is 10.2 Å². The van der Waals surface area contributed by atoms with Gasteiger partial charge >= 0.3 is 12.4 Å². The second-order valence-corrected chi connectivity index (χ2v) is 7.22. The summed E-state index contributed by atoms with van der Waals surface area (Å²) in [4.78, 5) is 1.99. The summed E-state index contributed by atoms with van der Waals surface area (Å²) in [7, 11) is 1.87. The van der Waals surface area contributed by atoms with Crippen LogP contribution < -0.4 is 16.8 Å². The largest absolute Gasteiger partial charge is 0.420 e. The Morgan fingerprint density at radius 2 is 1.67 bits per heavy atom. The highest BCUT2D eigenvalue weighted by molar-refractivity contribution is 5.85. The van der Waals surface area contributed by atoms with Crippen LogP contribution in [0.4, 0.5) is 43.5 Å². The van der Waals surface area contributed by atoms with Gasteiger partial charge in [-0.05, 0) is 44.6 Å². The molecule has 0 saturated carbocycles. The highest BCUT2D eigenvalue weighted by Crippen LogP contribution is 2.41. The van der Waals surface area contributed by atoms with Crippen molar-refractivity contribution in [2.45, 2.75) is 31.2 Å². The van der Waals surface area contributed by atoms with Crippen LogP contribution in [0.2, 0.25) is 0 Å². The van der Waals surface area contributed by atoms with Gasteiger partial charge in [-0.1, -0.05) is 0 Å². The van der Waals surface area contributed by atoms with Crippen LogP contribution in [-0.4, -0.2) is 41.3 Å². The number of nitrogens with zero attached hydrogens (tertiary/aromatic N) is 3. The summed E-state index contributed by atoms with van der Waals surface area (Å²) in [5.74, 6) is -0.440. The predicted molar refractivity (Wildman–Crippen MR) is 100 cm³/mol. The van der Waals surface area contributed by atoms with Crippen LogP contribution in [0.1, 0.15) is 24.0 Å². The molecule has 30 heavy (non-hydrogen) atoms. The van der Waals surface area contributed by atoms with E-state index in [4.69, 9.17) is 11.5 Å². The van der Waals surface area contributed by atoms with Crippen molar-refractivity contribution >= 4 is 17.2 Å². The van der Waals surface area contributed by atoms with Gasteiger partial charge in [-0.3, -0.25) is 0 Å². The van der Waals surface area contributed by atoms with E-state index in [1.54, 1.807) is 0 Å². The summed E-state index contributed by atoms with van der Waals surface area (Å²) in [6, 6.07) is 2.05. The van der Waals surface area contributed by atoms with E-state index in [9.17, 15) is 26.3 Å². The lowest BCUT2D eigenvalue weighted by atomic mass is 10.0. The molecular weight excluding hydrogens is 414 g/mol. The first-order chi connectivity index (χ1) is 13.9. The smallest absolute Gasteiger partial charge is 0.397 e. The molecule has 5 N–H and O–H groups in total. The SMILES string of the molecule is CN1CCC[C@H](Nc2nnc(-c3ccc(C(F)(F)F)c(N)c3N)cc2C(F)(F)F)C1. The number of likely N-dealkylation sites (N-methyl/N-ethyl adjacent to an activating group) is 1. The monoisotopic (exact) mass is 434 g/mol. The number of rotatable bonds is 3. The lowest BCUT2D eigenvalue weighted by Crippen LogP contribution is -2.40. The van der Waals surface area contributed by atoms with Gasteiger partial charge in [0.1, 0.15) is 5.56 Å². The van der Waals surface area contributed by atoms with Crippen molar-refractivity contribution in [2.24, 2.45) is 0 Å². The Morgan fingerprint density at radius 1 is 1.00 bits per heavy atom. The number of nitrogen functional groups attached to an aromatic ring is 2. The second kappa shape index (κ2) is 7.82. The Morgan fingerprint density at radius 3 is 2.27 bits per heavy atom. The topological polar surface area (TPSA) is 93.1 Å². The van der Waals surface area contributed by atoms with E-state index in [1.165, 1.54) is 0 Å². The number of aromatic nitrogens is 2. The molecule has 2 heterocycles. The number of piperidine rings is 1. The van der Waals surface area contributed by atoms with Gasteiger partial charge in [0.15, 0.2) is 5.82 Å². The van der Waals surface area contributed by atoms with Crippen LogP contribution in [0.15, 0.2) is 18.2 Å². The molecule has 6 nitrogen and oxygen atoms in total. The van der Waals surface area contributed by atoms with Crippen molar-refractivity contribution in [3.63, 3.8) is 0 Å². The number of likely N-dealkylation sites (tertiary alicyclic amines) is 1. The van der Waals surface area contributed by atoms with Crippen molar-refractivity contribution in [1.82, 2.24) is 15.1 Å². The zero-order valence-electron chi connectivity index (χ0n) is 15.9. The molecule has 0 amide bonds. The molecule has 1 aromatic heterocycles. The van der Waals surface area contributed by atoms with Crippen LogP contribution in [0.25, 0.3) is 11.3 Å². The molecule has 1 fully saturated rings. The van der Waals surface area contributed by atoms with E-state index in [0.717, 1.165) is 19.0 Å². The van der Waals surface area contributed by atoms with E-state index in [-0.39, 0.29) is 17.3 Å². The van der Waals surface area contributed by atoms with Crippen LogP contribution in [0.5, 0.6) is 0 Å². The van der Waals surface area contributed by atoms with E-state index >= 15 is 0 Å². The molecule has 0 aliphatic carbocycles. The number of anilines is 3.